The molecule has 5 nitrogen and oxygen atoms in total. The number of pyridine rings is 2. The second-order valence-electron chi connectivity index (χ2n) is 6.02. The van der Waals surface area contributed by atoms with E-state index in [0.717, 1.165) is 49.2 Å². The molecule has 3 heterocycles. The Morgan fingerprint density at radius 1 is 1.15 bits per heavy atom. The molecule has 2 aromatic heterocycles. The van der Waals surface area contributed by atoms with Crippen molar-refractivity contribution in [3.05, 3.63) is 64.8 Å². The topological polar surface area (TPSA) is 68.7 Å². The van der Waals surface area contributed by atoms with E-state index in [-0.39, 0.29) is 0 Å². The summed E-state index contributed by atoms with van der Waals surface area (Å²) in [6.07, 6.45) is 1.72. The zero-order valence-corrected chi connectivity index (χ0v) is 14.3. The van der Waals surface area contributed by atoms with Crippen molar-refractivity contribution in [2.24, 2.45) is 0 Å². The Bertz CT molecular complexity index is 872. The van der Waals surface area contributed by atoms with Gasteiger partial charge in [0, 0.05) is 37.1 Å². The van der Waals surface area contributed by atoms with Gasteiger partial charge in [-0.25, -0.2) is 4.98 Å². The van der Waals surface area contributed by atoms with Crippen molar-refractivity contribution in [2.45, 2.75) is 19.0 Å². The van der Waals surface area contributed by atoms with Gasteiger partial charge in [0.1, 0.15) is 5.69 Å². The number of aromatic nitrogens is 2. The quantitative estimate of drug-likeness (QED) is 0.648. The summed E-state index contributed by atoms with van der Waals surface area (Å²) in [4.78, 5) is 9.73. The van der Waals surface area contributed by atoms with E-state index >= 15 is 0 Å². The molecule has 140 valence electrons. The Kier molecular flexibility index (Phi) is 5.74. The standard InChI is InChI=1S/C19H17F3N4O/c20-19(21,22)17-7-6-15(13-24-17)4-1-3-14-8-11-26(12-9-14)18-16(25-27)5-2-10-23-18/h2-3,5-7,10,13H,8-9,11-12,25H2. The predicted octanol–water partition coefficient (Wildman–Crippen LogP) is 2.77. The highest BCUT2D eigenvalue weighted by Crippen LogP contribution is 2.27. The Balaban J connectivity index is 1.60. The summed E-state index contributed by atoms with van der Waals surface area (Å²) in [6, 6.07) is 5.71. The third-order valence-corrected chi connectivity index (χ3v) is 4.20. The lowest BCUT2D eigenvalue weighted by atomic mass is 10.0. The molecule has 0 bridgehead atoms. The fourth-order valence-corrected chi connectivity index (χ4v) is 2.77. The number of piperidine rings is 1. The fraction of sp³-hybridized carbons (Fsp3) is 0.263. The van der Waals surface area contributed by atoms with Crippen molar-refractivity contribution in [1.82, 2.24) is 9.97 Å². The second kappa shape index (κ2) is 8.20. The van der Waals surface area contributed by atoms with Gasteiger partial charge in [0.05, 0.1) is 0 Å². The van der Waals surface area contributed by atoms with Crippen molar-refractivity contribution in [2.75, 3.05) is 18.0 Å². The van der Waals surface area contributed by atoms with Gasteiger partial charge in [-0.05, 0) is 37.1 Å². The Morgan fingerprint density at radius 3 is 2.56 bits per heavy atom. The molecule has 2 aromatic rings. The minimum Gasteiger partial charge on any atom is -0.630 e. The van der Waals surface area contributed by atoms with Crippen LogP contribution in [0.1, 0.15) is 24.1 Å². The molecule has 0 radical (unpaired) electrons. The molecular formula is C19H17F3N4O. The summed E-state index contributed by atoms with van der Waals surface area (Å²) in [6.45, 7) is 1.46. The maximum absolute atomic E-state index is 12.5. The van der Waals surface area contributed by atoms with Crippen LogP contribution in [0.5, 0.6) is 0 Å². The second-order valence-corrected chi connectivity index (χ2v) is 6.02. The van der Waals surface area contributed by atoms with E-state index in [1.165, 1.54) is 6.07 Å². The monoisotopic (exact) mass is 374 g/mol. The minimum absolute atomic E-state index is 0.432. The predicted molar refractivity (Wildman–Crippen MR) is 94.8 cm³/mol. The fourth-order valence-electron chi connectivity index (χ4n) is 2.77. The highest BCUT2D eigenvalue weighted by atomic mass is 19.4. The van der Waals surface area contributed by atoms with Gasteiger partial charge in [0.25, 0.3) is 0 Å². The molecule has 0 unspecified atom stereocenters. The van der Waals surface area contributed by atoms with Crippen LogP contribution in [0.15, 0.2) is 48.3 Å². The van der Waals surface area contributed by atoms with E-state index in [1.807, 2.05) is 0 Å². The Morgan fingerprint density at radius 2 is 1.93 bits per heavy atom. The molecule has 0 aliphatic carbocycles. The molecule has 1 aliphatic rings. The van der Waals surface area contributed by atoms with Crippen molar-refractivity contribution < 1.29 is 18.7 Å². The first-order valence-electron chi connectivity index (χ1n) is 8.35. The highest BCUT2D eigenvalue weighted by Gasteiger charge is 2.31. The van der Waals surface area contributed by atoms with Crippen molar-refractivity contribution in [1.29, 1.82) is 0 Å². The van der Waals surface area contributed by atoms with Gasteiger partial charge in [0.2, 0.25) is 0 Å². The maximum atomic E-state index is 12.5. The maximum Gasteiger partial charge on any atom is 0.433 e. The summed E-state index contributed by atoms with van der Waals surface area (Å²) in [7, 11) is 0. The molecule has 0 atom stereocenters. The number of nitrogens with two attached hydrogens (primary N) is 1. The van der Waals surface area contributed by atoms with Crippen LogP contribution in [0.3, 0.4) is 0 Å². The average Bonchev–Trinajstić information content (AvgIpc) is 2.68. The smallest absolute Gasteiger partial charge is 0.433 e. The number of rotatable bonds is 2. The first-order valence-corrected chi connectivity index (χ1v) is 8.35. The molecule has 1 aliphatic heterocycles. The highest BCUT2D eigenvalue weighted by molar-refractivity contribution is 5.57. The minimum atomic E-state index is -4.45. The van der Waals surface area contributed by atoms with Gasteiger partial charge >= 0.3 is 6.18 Å². The largest absolute Gasteiger partial charge is 0.630 e. The molecule has 8 heteroatoms. The van der Waals surface area contributed by atoms with Crippen LogP contribution in [0.2, 0.25) is 0 Å². The molecule has 0 spiro atoms. The molecule has 27 heavy (non-hydrogen) atoms. The third kappa shape index (κ3) is 4.84. The Hall–Kier alpha value is -2.89. The number of halogens is 3. The number of hydrogen-bond acceptors (Lipinski definition) is 4. The number of quaternary nitrogens is 1. The van der Waals surface area contributed by atoms with Gasteiger partial charge in [-0.15, -0.1) is 0 Å². The number of nitrogens with zero attached hydrogens (tertiary/aromatic N) is 3. The first-order chi connectivity index (χ1) is 13.0. The van der Waals surface area contributed by atoms with Gasteiger partial charge in [-0.3, -0.25) is 4.98 Å². The summed E-state index contributed by atoms with van der Waals surface area (Å²) < 4.78 is 37.4. The van der Waals surface area contributed by atoms with Crippen LogP contribution in [0.4, 0.5) is 24.7 Å². The Labute approximate surface area is 154 Å². The number of hydrogen-bond donors (Lipinski definition) is 1. The molecule has 0 amide bonds. The molecule has 3 rings (SSSR count). The SMILES string of the molecule is [O-][NH2+]c1cccnc1N1CCC(=CC#Cc2ccc(C(F)(F)F)nc2)CC1. The molecule has 1 fully saturated rings. The summed E-state index contributed by atoms with van der Waals surface area (Å²) in [5.41, 5.74) is 2.03. The molecule has 2 N–H and O–H groups in total. The van der Waals surface area contributed by atoms with Crippen LogP contribution < -0.4 is 10.4 Å². The van der Waals surface area contributed by atoms with E-state index in [9.17, 15) is 18.4 Å². The van der Waals surface area contributed by atoms with E-state index in [4.69, 9.17) is 0 Å². The van der Waals surface area contributed by atoms with E-state index in [1.54, 1.807) is 24.4 Å². The van der Waals surface area contributed by atoms with Crippen LogP contribution in [0.25, 0.3) is 0 Å². The van der Waals surface area contributed by atoms with Crippen LogP contribution in [-0.2, 0) is 6.18 Å². The average molecular weight is 374 g/mol. The van der Waals surface area contributed by atoms with Crippen molar-refractivity contribution in [3.63, 3.8) is 0 Å². The lowest BCUT2D eigenvalue weighted by Crippen LogP contribution is -2.70. The molecular weight excluding hydrogens is 357 g/mol. The summed E-state index contributed by atoms with van der Waals surface area (Å²) in [5, 5.41) is 11.1. The number of alkyl halides is 3. The molecule has 0 saturated carbocycles. The lowest BCUT2D eigenvalue weighted by molar-refractivity contribution is -0.496. The van der Waals surface area contributed by atoms with Crippen LogP contribution in [-0.4, -0.2) is 23.1 Å². The van der Waals surface area contributed by atoms with Crippen molar-refractivity contribution >= 4 is 11.5 Å². The lowest BCUT2D eigenvalue weighted by Gasteiger charge is -2.29. The molecule has 1 saturated heterocycles. The van der Waals surface area contributed by atoms with Crippen LogP contribution >= 0.6 is 0 Å². The van der Waals surface area contributed by atoms with E-state index in [0.29, 0.717) is 17.1 Å². The van der Waals surface area contributed by atoms with E-state index < -0.39 is 11.9 Å². The van der Waals surface area contributed by atoms with Gasteiger partial charge in [-0.2, -0.15) is 13.2 Å². The van der Waals surface area contributed by atoms with Gasteiger partial charge < -0.3 is 15.6 Å². The summed E-state index contributed by atoms with van der Waals surface area (Å²) in [5.74, 6) is 6.37. The van der Waals surface area contributed by atoms with Gasteiger partial charge in [-0.1, -0.05) is 17.4 Å². The zero-order valence-electron chi connectivity index (χ0n) is 14.3. The zero-order chi connectivity index (χ0) is 19.3. The number of allylic oxidation sites excluding steroid dienone is 1. The normalized spacial score (nSPS) is 14.5. The molecule has 0 aromatic carbocycles. The van der Waals surface area contributed by atoms with Crippen molar-refractivity contribution in [3.8, 4) is 11.8 Å². The van der Waals surface area contributed by atoms with E-state index in [2.05, 4.69) is 26.7 Å². The van der Waals surface area contributed by atoms with Gasteiger partial charge in [0.15, 0.2) is 11.5 Å². The van der Waals surface area contributed by atoms with Crippen LogP contribution in [0, 0.1) is 17.0 Å². The summed E-state index contributed by atoms with van der Waals surface area (Å²) >= 11 is 0. The first kappa shape index (κ1) is 18.9. The number of anilines is 1. The third-order valence-electron chi connectivity index (χ3n) is 4.20.